The van der Waals surface area contributed by atoms with Gasteiger partial charge in [-0.2, -0.15) is 10.1 Å². The van der Waals surface area contributed by atoms with Gasteiger partial charge in [-0.05, 0) is 54.4 Å². The van der Waals surface area contributed by atoms with Crippen LogP contribution in [0.4, 0.5) is 11.6 Å². The molecule has 0 bridgehead atoms. The smallest absolute Gasteiger partial charge is 0.255 e. The summed E-state index contributed by atoms with van der Waals surface area (Å²) in [6.45, 7) is 2.21. The second-order valence-corrected chi connectivity index (χ2v) is 9.04. The quantitative estimate of drug-likeness (QED) is 0.311. The standard InChI is InChI=1S/C28H26ClN5O4/c1-17-25(27(35)33-23-14-21(36-2)11-12-24(23)37-3)26(34-28(32-17)30-16-31-34)19-5-4-6-22(13-19)38-15-18-7-9-20(29)10-8-18/h4-14,16,26H,15H2,1-3H3,(H,33,35)(H,30,31,32)/t26-/m0/s1. The Morgan fingerprint density at radius 3 is 2.63 bits per heavy atom. The maximum Gasteiger partial charge on any atom is 0.255 e. The molecule has 0 saturated carbocycles. The van der Waals surface area contributed by atoms with E-state index in [0.29, 0.717) is 51.8 Å². The summed E-state index contributed by atoms with van der Waals surface area (Å²) in [6.07, 6.45) is 1.45. The Kier molecular flexibility index (Phi) is 7.19. The van der Waals surface area contributed by atoms with Crippen LogP contribution in [0, 0.1) is 0 Å². The molecule has 2 N–H and O–H groups in total. The lowest BCUT2D eigenvalue weighted by molar-refractivity contribution is -0.113. The molecule has 5 rings (SSSR count). The summed E-state index contributed by atoms with van der Waals surface area (Å²) < 4.78 is 18.5. The molecule has 0 fully saturated rings. The van der Waals surface area contributed by atoms with Crippen molar-refractivity contribution in [2.45, 2.75) is 19.6 Å². The lowest BCUT2D eigenvalue weighted by atomic mass is 9.94. The molecular formula is C28H26ClN5O4. The molecule has 0 radical (unpaired) electrons. The summed E-state index contributed by atoms with van der Waals surface area (Å²) in [5, 5.41) is 11.2. The maximum atomic E-state index is 13.8. The van der Waals surface area contributed by atoms with Crippen molar-refractivity contribution in [3.05, 3.63) is 100 Å². The molecule has 2 heterocycles. The molecule has 194 valence electrons. The Balaban J connectivity index is 1.47. The van der Waals surface area contributed by atoms with Crippen molar-refractivity contribution in [3.8, 4) is 17.2 Å². The van der Waals surface area contributed by atoms with Crippen LogP contribution in [0.5, 0.6) is 17.2 Å². The van der Waals surface area contributed by atoms with Gasteiger partial charge < -0.3 is 24.8 Å². The van der Waals surface area contributed by atoms with Gasteiger partial charge in [0, 0.05) is 16.8 Å². The summed E-state index contributed by atoms with van der Waals surface area (Å²) in [6, 6.07) is 19.8. The van der Waals surface area contributed by atoms with Gasteiger partial charge in [-0.15, -0.1) is 0 Å². The zero-order valence-electron chi connectivity index (χ0n) is 21.1. The minimum atomic E-state index is -0.551. The normalized spacial score (nSPS) is 14.4. The van der Waals surface area contributed by atoms with Gasteiger partial charge in [-0.25, -0.2) is 4.68 Å². The fraction of sp³-hybridized carbons (Fsp3) is 0.179. The van der Waals surface area contributed by atoms with Crippen molar-refractivity contribution in [1.82, 2.24) is 14.8 Å². The molecular weight excluding hydrogens is 506 g/mol. The van der Waals surface area contributed by atoms with Crippen molar-refractivity contribution < 1.29 is 19.0 Å². The first-order valence-electron chi connectivity index (χ1n) is 11.8. The average molecular weight is 532 g/mol. The zero-order valence-corrected chi connectivity index (χ0v) is 21.8. The number of ether oxygens (including phenoxy) is 3. The summed E-state index contributed by atoms with van der Waals surface area (Å²) in [7, 11) is 3.11. The number of carbonyl (C=O) groups is 1. The number of methoxy groups -OCH3 is 2. The van der Waals surface area contributed by atoms with Gasteiger partial charge in [0.05, 0.1) is 25.5 Å². The van der Waals surface area contributed by atoms with Crippen LogP contribution in [-0.2, 0) is 11.4 Å². The summed E-state index contributed by atoms with van der Waals surface area (Å²) in [5.41, 5.74) is 3.42. The summed E-state index contributed by atoms with van der Waals surface area (Å²) in [4.78, 5) is 18.1. The van der Waals surface area contributed by atoms with Crippen LogP contribution in [0.2, 0.25) is 5.02 Å². The third-order valence-corrected chi connectivity index (χ3v) is 6.44. The van der Waals surface area contributed by atoms with E-state index in [-0.39, 0.29) is 5.91 Å². The largest absolute Gasteiger partial charge is 0.497 e. The third-order valence-electron chi connectivity index (χ3n) is 6.19. The highest BCUT2D eigenvalue weighted by Crippen LogP contribution is 2.37. The molecule has 4 aromatic rings. The van der Waals surface area contributed by atoms with E-state index in [9.17, 15) is 4.79 Å². The zero-order chi connectivity index (χ0) is 26.6. The topological polar surface area (TPSA) is 99.5 Å². The molecule has 1 aliphatic rings. The number of aromatic nitrogens is 3. The van der Waals surface area contributed by atoms with Crippen LogP contribution in [0.15, 0.2) is 84.3 Å². The molecule has 1 aromatic heterocycles. The minimum Gasteiger partial charge on any atom is -0.497 e. The highest BCUT2D eigenvalue weighted by molar-refractivity contribution is 6.30. The van der Waals surface area contributed by atoms with Crippen LogP contribution in [-0.4, -0.2) is 34.9 Å². The molecule has 0 saturated heterocycles. The maximum absolute atomic E-state index is 13.8. The van der Waals surface area contributed by atoms with Gasteiger partial charge in [0.25, 0.3) is 5.91 Å². The first-order valence-corrected chi connectivity index (χ1v) is 12.2. The number of hydrogen-bond acceptors (Lipinski definition) is 7. The Morgan fingerprint density at radius 1 is 1.05 bits per heavy atom. The number of nitrogens with zero attached hydrogens (tertiary/aromatic N) is 3. The van der Waals surface area contributed by atoms with Crippen molar-refractivity contribution in [1.29, 1.82) is 0 Å². The molecule has 9 nitrogen and oxygen atoms in total. The molecule has 1 atom stereocenters. The highest BCUT2D eigenvalue weighted by Gasteiger charge is 2.34. The summed E-state index contributed by atoms with van der Waals surface area (Å²) in [5.74, 6) is 1.98. The number of fused-ring (bicyclic) bond motifs is 1. The van der Waals surface area contributed by atoms with Gasteiger partial charge in [-0.1, -0.05) is 35.9 Å². The molecule has 1 aliphatic heterocycles. The molecule has 0 unspecified atom stereocenters. The van der Waals surface area contributed by atoms with E-state index in [2.05, 4.69) is 20.7 Å². The number of anilines is 2. The van der Waals surface area contributed by atoms with Gasteiger partial charge in [0.15, 0.2) is 0 Å². The van der Waals surface area contributed by atoms with Crippen molar-refractivity contribution >= 4 is 29.1 Å². The van der Waals surface area contributed by atoms with Crippen molar-refractivity contribution in [2.75, 3.05) is 24.9 Å². The van der Waals surface area contributed by atoms with Crippen LogP contribution >= 0.6 is 11.6 Å². The molecule has 1 amide bonds. The molecule has 3 aromatic carbocycles. The molecule has 38 heavy (non-hydrogen) atoms. The first-order chi connectivity index (χ1) is 18.5. The Bertz CT molecular complexity index is 1500. The predicted octanol–water partition coefficient (Wildman–Crippen LogP) is 5.46. The lowest BCUT2D eigenvalue weighted by Gasteiger charge is -2.29. The first kappa shape index (κ1) is 25.2. The molecule has 0 aliphatic carbocycles. The van der Waals surface area contributed by atoms with Gasteiger partial charge in [0.2, 0.25) is 5.95 Å². The second kappa shape index (κ2) is 10.9. The third kappa shape index (κ3) is 5.14. The Labute approximate surface area is 225 Å². The summed E-state index contributed by atoms with van der Waals surface area (Å²) >= 11 is 5.99. The minimum absolute atomic E-state index is 0.319. The average Bonchev–Trinajstić information content (AvgIpc) is 3.40. The van der Waals surface area contributed by atoms with Crippen LogP contribution < -0.4 is 24.8 Å². The van der Waals surface area contributed by atoms with E-state index in [0.717, 1.165) is 11.1 Å². The number of halogens is 1. The fourth-order valence-electron chi connectivity index (χ4n) is 4.32. The predicted molar refractivity (Wildman–Crippen MR) is 145 cm³/mol. The number of amides is 1. The van der Waals surface area contributed by atoms with E-state index < -0.39 is 6.04 Å². The lowest BCUT2D eigenvalue weighted by Crippen LogP contribution is -2.31. The van der Waals surface area contributed by atoms with E-state index in [1.165, 1.54) is 6.33 Å². The Hall–Kier alpha value is -4.50. The van der Waals surface area contributed by atoms with Crippen molar-refractivity contribution in [3.63, 3.8) is 0 Å². The number of nitrogens with one attached hydrogen (secondary N) is 2. The number of carbonyl (C=O) groups excluding carboxylic acids is 1. The highest BCUT2D eigenvalue weighted by atomic mass is 35.5. The van der Waals surface area contributed by atoms with E-state index >= 15 is 0 Å². The van der Waals surface area contributed by atoms with Crippen LogP contribution in [0.25, 0.3) is 0 Å². The van der Waals surface area contributed by atoms with E-state index in [1.54, 1.807) is 37.1 Å². The monoisotopic (exact) mass is 531 g/mol. The van der Waals surface area contributed by atoms with Gasteiger partial charge >= 0.3 is 0 Å². The second-order valence-electron chi connectivity index (χ2n) is 8.60. The van der Waals surface area contributed by atoms with Gasteiger partial charge in [-0.3, -0.25) is 4.79 Å². The number of rotatable bonds is 8. The number of hydrogen-bond donors (Lipinski definition) is 2. The van der Waals surface area contributed by atoms with Gasteiger partial charge in [0.1, 0.15) is 36.2 Å². The van der Waals surface area contributed by atoms with Crippen molar-refractivity contribution in [2.24, 2.45) is 0 Å². The Morgan fingerprint density at radius 2 is 1.87 bits per heavy atom. The molecule has 10 heteroatoms. The van der Waals surface area contributed by atoms with Crippen LogP contribution in [0.3, 0.4) is 0 Å². The number of benzene rings is 3. The number of allylic oxidation sites excluding steroid dienone is 1. The van der Waals surface area contributed by atoms with E-state index in [4.69, 9.17) is 25.8 Å². The molecule has 0 spiro atoms. The SMILES string of the molecule is COc1ccc(OC)c(NC(=O)C2=C(C)Nc3ncnn3[C@H]2c2cccc(OCc3ccc(Cl)cc3)c2)c1. The van der Waals surface area contributed by atoms with Crippen LogP contribution in [0.1, 0.15) is 24.1 Å². The fourth-order valence-corrected chi connectivity index (χ4v) is 4.44. The van der Waals surface area contributed by atoms with E-state index in [1.807, 2.05) is 55.5 Å².